The molecule has 0 spiro atoms. The highest BCUT2D eigenvalue weighted by molar-refractivity contribution is 7.92. The minimum atomic E-state index is -4.30. The Hall–Kier alpha value is -3.79. The van der Waals surface area contributed by atoms with Crippen molar-refractivity contribution in [3.05, 3.63) is 95.6 Å². The molecule has 7 nitrogen and oxygen atoms in total. The number of hydrogen-bond donors (Lipinski definition) is 1. The quantitative estimate of drug-likeness (QED) is 0.472. The third kappa shape index (κ3) is 6.06. The summed E-state index contributed by atoms with van der Waals surface area (Å²) in [5.74, 6) is -2.39. The molecule has 10 heteroatoms. The lowest BCUT2D eigenvalue weighted by Gasteiger charge is -2.31. The van der Waals surface area contributed by atoms with Crippen molar-refractivity contribution >= 4 is 27.5 Å². The van der Waals surface area contributed by atoms with E-state index in [9.17, 15) is 26.8 Å². The molecule has 0 aliphatic carbocycles. The fourth-order valence-electron chi connectivity index (χ4n) is 3.58. The zero-order chi connectivity index (χ0) is 26.5. The van der Waals surface area contributed by atoms with E-state index in [1.54, 1.807) is 30.3 Å². The summed E-state index contributed by atoms with van der Waals surface area (Å²) in [5, 5.41) is 2.46. The van der Waals surface area contributed by atoms with Crippen LogP contribution in [0.15, 0.2) is 77.7 Å². The highest BCUT2D eigenvalue weighted by Gasteiger charge is 2.32. The van der Waals surface area contributed by atoms with Gasteiger partial charge in [-0.25, -0.2) is 17.2 Å². The van der Waals surface area contributed by atoms with Crippen LogP contribution in [0.1, 0.15) is 18.1 Å². The van der Waals surface area contributed by atoms with Crippen molar-refractivity contribution in [2.75, 3.05) is 17.9 Å². The van der Waals surface area contributed by atoms with E-state index in [1.165, 1.54) is 32.2 Å². The van der Waals surface area contributed by atoms with E-state index in [0.717, 1.165) is 39.0 Å². The highest BCUT2D eigenvalue weighted by atomic mass is 32.2. The Kier molecular flexibility index (Phi) is 8.41. The minimum Gasteiger partial charge on any atom is -0.357 e. The van der Waals surface area contributed by atoms with Gasteiger partial charge in [0.15, 0.2) is 0 Å². The first-order chi connectivity index (χ1) is 17.0. The molecule has 0 fully saturated rings. The second kappa shape index (κ2) is 11.3. The van der Waals surface area contributed by atoms with Gasteiger partial charge in [0.05, 0.1) is 10.6 Å². The molecule has 0 radical (unpaired) electrons. The summed E-state index contributed by atoms with van der Waals surface area (Å²) in [6, 6.07) is 15.5. The van der Waals surface area contributed by atoms with Gasteiger partial charge in [-0.2, -0.15) is 0 Å². The molecule has 0 saturated heterocycles. The van der Waals surface area contributed by atoms with E-state index >= 15 is 0 Å². The van der Waals surface area contributed by atoms with Crippen LogP contribution in [0.2, 0.25) is 0 Å². The third-order valence-electron chi connectivity index (χ3n) is 5.71. The van der Waals surface area contributed by atoms with Gasteiger partial charge in [-0.3, -0.25) is 13.9 Å². The molecule has 0 heterocycles. The normalized spacial score (nSPS) is 12.0. The zero-order valence-electron chi connectivity index (χ0n) is 20.1. The van der Waals surface area contributed by atoms with Gasteiger partial charge in [0, 0.05) is 19.2 Å². The van der Waals surface area contributed by atoms with Crippen molar-refractivity contribution in [2.45, 2.75) is 31.3 Å². The number of anilines is 1. The number of carbonyl (C=O) groups excluding carboxylic acids is 2. The van der Waals surface area contributed by atoms with Crippen LogP contribution in [-0.4, -0.2) is 44.8 Å². The topological polar surface area (TPSA) is 86.8 Å². The molecule has 36 heavy (non-hydrogen) atoms. The van der Waals surface area contributed by atoms with E-state index in [4.69, 9.17) is 0 Å². The fourth-order valence-corrected chi connectivity index (χ4v) is 4.99. The first-order valence-corrected chi connectivity index (χ1v) is 12.6. The summed E-state index contributed by atoms with van der Waals surface area (Å²) in [5.41, 5.74) is 1.25. The smallest absolute Gasteiger partial charge is 0.264 e. The number of likely N-dealkylation sites (N-methyl/N-ethyl adjacent to an activating group) is 1. The lowest BCUT2D eigenvalue weighted by molar-refractivity contribution is -0.139. The highest BCUT2D eigenvalue weighted by Crippen LogP contribution is 2.25. The van der Waals surface area contributed by atoms with Crippen LogP contribution >= 0.6 is 0 Å². The van der Waals surface area contributed by atoms with Gasteiger partial charge in [0.25, 0.3) is 10.0 Å². The van der Waals surface area contributed by atoms with E-state index in [1.807, 2.05) is 6.92 Å². The van der Waals surface area contributed by atoms with Crippen molar-refractivity contribution in [1.82, 2.24) is 10.2 Å². The Morgan fingerprint density at radius 1 is 0.944 bits per heavy atom. The van der Waals surface area contributed by atoms with Crippen LogP contribution in [0.4, 0.5) is 14.5 Å². The number of amides is 2. The molecule has 3 aromatic carbocycles. The van der Waals surface area contributed by atoms with Crippen molar-refractivity contribution < 1.29 is 26.8 Å². The van der Waals surface area contributed by atoms with Gasteiger partial charge < -0.3 is 10.2 Å². The summed E-state index contributed by atoms with van der Waals surface area (Å²) in [6.07, 6.45) is 0. The Morgan fingerprint density at radius 3 is 2.14 bits per heavy atom. The second-order valence-electron chi connectivity index (χ2n) is 8.20. The monoisotopic (exact) mass is 515 g/mol. The lowest BCUT2D eigenvalue weighted by atomic mass is 10.1. The van der Waals surface area contributed by atoms with Gasteiger partial charge in [0.1, 0.15) is 24.2 Å². The van der Waals surface area contributed by atoms with Gasteiger partial charge in [-0.05, 0) is 56.3 Å². The second-order valence-corrected chi connectivity index (χ2v) is 10.1. The minimum absolute atomic E-state index is 0.171. The maximum absolute atomic E-state index is 14.4. The molecule has 2 amide bonds. The van der Waals surface area contributed by atoms with E-state index in [2.05, 4.69) is 5.32 Å². The largest absolute Gasteiger partial charge is 0.357 e. The Labute approximate surface area is 209 Å². The van der Waals surface area contributed by atoms with Gasteiger partial charge in [-0.1, -0.05) is 35.9 Å². The predicted octanol–water partition coefficient (Wildman–Crippen LogP) is 3.63. The van der Waals surface area contributed by atoms with Crippen molar-refractivity contribution in [2.24, 2.45) is 0 Å². The number of nitrogens with one attached hydrogen (secondary N) is 1. The lowest BCUT2D eigenvalue weighted by Crippen LogP contribution is -2.50. The number of sulfonamides is 1. The van der Waals surface area contributed by atoms with Crippen molar-refractivity contribution in [3.63, 3.8) is 0 Å². The molecule has 0 aliphatic heterocycles. The summed E-state index contributed by atoms with van der Waals surface area (Å²) < 4.78 is 55.9. The molecule has 3 aromatic rings. The van der Waals surface area contributed by atoms with Crippen molar-refractivity contribution in [1.29, 1.82) is 0 Å². The SMILES string of the molecule is CNC(=O)[C@@H](C)N(Cc1ccccc1F)C(=O)CN(c1ccc(C)cc1)S(=O)(=O)c1ccc(F)cc1. The third-order valence-corrected chi connectivity index (χ3v) is 7.50. The Bertz CT molecular complexity index is 1330. The average Bonchev–Trinajstić information content (AvgIpc) is 2.86. The number of rotatable bonds is 9. The van der Waals surface area contributed by atoms with Crippen LogP contribution in [-0.2, 0) is 26.2 Å². The molecule has 0 saturated carbocycles. The number of benzene rings is 3. The first kappa shape index (κ1) is 26.8. The summed E-state index contributed by atoms with van der Waals surface area (Å²) in [4.78, 5) is 26.9. The number of aryl methyl sites for hydroxylation is 1. The van der Waals surface area contributed by atoms with E-state index in [-0.39, 0.29) is 22.7 Å². The Balaban J connectivity index is 2.03. The summed E-state index contributed by atoms with van der Waals surface area (Å²) in [7, 11) is -2.90. The first-order valence-electron chi connectivity index (χ1n) is 11.1. The average molecular weight is 516 g/mol. The molecule has 0 aromatic heterocycles. The van der Waals surface area contributed by atoms with Crippen LogP contribution < -0.4 is 9.62 Å². The standard InChI is InChI=1S/C26H27F2N3O4S/c1-18-8-12-22(13-9-18)31(36(34,35)23-14-10-21(27)11-15-23)17-25(32)30(19(2)26(33)29-3)16-20-6-4-5-7-24(20)28/h4-15,19H,16-17H2,1-3H3,(H,29,33)/t19-/m1/s1. The molecule has 0 bridgehead atoms. The molecule has 190 valence electrons. The van der Waals surface area contributed by atoms with Crippen LogP contribution in [0.5, 0.6) is 0 Å². The Morgan fingerprint density at radius 2 is 1.56 bits per heavy atom. The molecule has 0 unspecified atom stereocenters. The van der Waals surface area contributed by atoms with E-state index in [0.29, 0.717) is 0 Å². The van der Waals surface area contributed by atoms with Crippen LogP contribution in [0.3, 0.4) is 0 Å². The maximum Gasteiger partial charge on any atom is 0.264 e. The van der Waals surface area contributed by atoms with Gasteiger partial charge in [0.2, 0.25) is 11.8 Å². The van der Waals surface area contributed by atoms with Crippen LogP contribution in [0.25, 0.3) is 0 Å². The molecule has 1 atom stereocenters. The van der Waals surface area contributed by atoms with Crippen molar-refractivity contribution in [3.8, 4) is 0 Å². The van der Waals surface area contributed by atoms with Gasteiger partial charge >= 0.3 is 0 Å². The molecule has 3 rings (SSSR count). The molecular weight excluding hydrogens is 488 g/mol. The fraction of sp³-hybridized carbons (Fsp3) is 0.231. The molecule has 0 aliphatic rings. The molecular formula is C26H27F2N3O4S. The van der Waals surface area contributed by atoms with E-state index < -0.39 is 46.1 Å². The predicted molar refractivity (Wildman–Crippen MR) is 133 cm³/mol. The number of halogens is 2. The number of nitrogens with zero attached hydrogens (tertiary/aromatic N) is 2. The summed E-state index contributed by atoms with van der Waals surface area (Å²) in [6.45, 7) is 2.38. The molecule has 1 N–H and O–H groups in total. The zero-order valence-corrected chi connectivity index (χ0v) is 20.9. The van der Waals surface area contributed by atoms with Crippen LogP contribution in [0, 0.1) is 18.6 Å². The number of hydrogen-bond acceptors (Lipinski definition) is 4. The summed E-state index contributed by atoms with van der Waals surface area (Å²) >= 11 is 0. The maximum atomic E-state index is 14.4. The number of carbonyl (C=O) groups is 2. The van der Waals surface area contributed by atoms with Gasteiger partial charge in [-0.15, -0.1) is 0 Å².